The molecular formula is C12H22N2O3. The van der Waals surface area contributed by atoms with E-state index in [-0.39, 0.29) is 30.3 Å². The summed E-state index contributed by atoms with van der Waals surface area (Å²) >= 11 is 0. The number of carbonyl (C=O) groups is 2. The number of nitrogens with zero attached hydrogens (tertiary/aromatic N) is 1. The first-order chi connectivity index (χ1) is 8.07. The lowest BCUT2D eigenvalue weighted by Crippen LogP contribution is -2.60. The van der Waals surface area contributed by atoms with Crippen LogP contribution in [0.3, 0.4) is 0 Å². The maximum atomic E-state index is 11.8. The molecule has 0 aromatic rings. The quantitative estimate of drug-likeness (QED) is 0.686. The minimum atomic E-state index is -0.335. The van der Waals surface area contributed by atoms with Gasteiger partial charge in [0.25, 0.3) is 0 Å². The summed E-state index contributed by atoms with van der Waals surface area (Å²) in [5.74, 6) is 0.0853. The molecule has 1 unspecified atom stereocenters. The Morgan fingerprint density at radius 1 is 1.47 bits per heavy atom. The number of hydrogen-bond donors (Lipinski definition) is 1. The van der Waals surface area contributed by atoms with Crippen molar-refractivity contribution in [3.63, 3.8) is 0 Å². The van der Waals surface area contributed by atoms with Crippen molar-refractivity contribution in [2.24, 2.45) is 5.92 Å². The van der Waals surface area contributed by atoms with Gasteiger partial charge in [0, 0.05) is 19.8 Å². The van der Waals surface area contributed by atoms with E-state index in [0.717, 1.165) is 6.42 Å². The monoisotopic (exact) mass is 242 g/mol. The minimum absolute atomic E-state index is 0.000187. The van der Waals surface area contributed by atoms with Gasteiger partial charge in [0.05, 0.1) is 6.54 Å². The Bertz CT molecular complexity index is 279. The average Bonchev–Trinajstić information content (AvgIpc) is 2.28. The molecule has 0 aromatic heterocycles. The Morgan fingerprint density at radius 3 is 2.76 bits per heavy atom. The summed E-state index contributed by atoms with van der Waals surface area (Å²) in [6, 6.07) is -0.335. The standard InChI is InChI=1S/C12H22N2O3/c1-4-17-7-5-6-14-10(15)8-13-12(16)11(14)9(2)3/h9,11H,4-8H2,1-3H3,(H,13,16). The molecule has 5 heteroatoms. The molecule has 2 amide bonds. The SMILES string of the molecule is CCOCCCN1C(=O)CNC(=O)C1C(C)C. The van der Waals surface area contributed by atoms with E-state index in [0.29, 0.717) is 19.8 Å². The summed E-state index contributed by atoms with van der Waals surface area (Å²) in [5, 5.41) is 2.63. The van der Waals surface area contributed by atoms with Crippen LogP contribution < -0.4 is 5.32 Å². The number of amides is 2. The minimum Gasteiger partial charge on any atom is -0.382 e. The number of carbonyl (C=O) groups excluding carboxylic acids is 2. The van der Waals surface area contributed by atoms with Gasteiger partial charge in [0.2, 0.25) is 11.8 Å². The number of piperazine rings is 1. The molecule has 1 rings (SSSR count). The number of rotatable bonds is 6. The van der Waals surface area contributed by atoms with Gasteiger partial charge in [-0.05, 0) is 19.3 Å². The summed E-state index contributed by atoms with van der Waals surface area (Å²) in [4.78, 5) is 25.2. The molecule has 0 spiro atoms. The first kappa shape index (κ1) is 14.0. The third kappa shape index (κ3) is 3.70. The van der Waals surface area contributed by atoms with E-state index in [1.54, 1.807) is 4.90 Å². The van der Waals surface area contributed by atoms with Crippen molar-refractivity contribution in [1.29, 1.82) is 0 Å². The van der Waals surface area contributed by atoms with Crippen molar-refractivity contribution in [3.05, 3.63) is 0 Å². The molecule has 1 atom stereocenters. The molecule has 1 fully saturated rings. The van der Waals surface area contributed by atoms with Gasteiger partial charge in [-0.1, -0.05) is 13.8 Å². The van der Waals surface area contributed by atoms with Crippen LogP contribution in [-0.2, 0) is 14.3 Å². The van der Waals surface area contributed by atoms with Crippen molar-refractivity contribution in [1.82, 2.24) is 10.2 Å². The Hall–Kier alpha value is -1.10. The molecule has 0 aromatic carbocycles. The fraction of sp³-hybridized carbons (Fsp3) is 0.833. The molecule has 17 heavy (non-hydrogen) atoms. The van der Waals surface area contributed by atoms with Crippen LogP contribution >= 0.6 is 0 Å². The zero-order chi connectivity index (χ0) is 12.8. The highest BCUT2D eigenvalue weighted by atomic mass is 16.5. The molecular weight excluding hydrogens is 220 g/mol. The van der Waals surface area contributed by atoms with Crippen LogP contribution in [0.25, 0.3) is 0 Å². The predicted molar refractivity (Wildman–Crippen MR) is 64.5 cm³/mol. The van der Waals surface area contributed by atoms with Crippen LogP contribution in [0, 0.1) is 5.92 Å². The largest absolute Gasteiger partial charge is 0.382 e. The van der Waals surface area contributed by atoms with Crippen LogP contribution in [0.15, 0.2) is 0 Å². The van der Waals surface area contributed by atoms with E-state index in [1.165, 1.54) is 0 Å². The van der Waals surface area contributed by atoms with Crippen LogP contribution in [0.4, 0.5) is 0 Å². The molecule has 0 bridgehead atoms. The molecule has 98 valence electrons. The van der Waals surface area contributed by atoms with Crippen LogP contribution in [0.5, 0.6) is 0 Å². The van der Waals surface area contributed by atoms with Crippen LogP contribution in [0.2, 0.25) is 0 Å². The Kier molecular flexibility index (Phi) is 5.41. The Balaban J connectivity index is 2.56. The third-order valence-electron chi connectivity index (χ3n) is 2.86. The smallest absolute Gasteiger partial charge is 0.243 e. The lowest BCUT2D eigenvalue weighted by molar-refractivity contribution is -0.147. The molecule has 0 saturated carbocycles. The lowest BCUT2D eigenvalue weighted by Gasteiger charge is -2.37. The second-order valence-corrected chi connectivity index (χ2v) is 4.54. The van der Waals surface area contributed by atoms with Gasteiger partial charge in [-0.3, -0.25) is 9.59 Å². The normalized spacial score (nSPS) is 20.9. The van der Waals surface area contributed by atoms with Crippen molar-refractivity contribution >= 4 is 11.8 Å². The molecule has 1 aliphatic heterocycles. The van der Waals surface area contributed by atoms with Crippen LogP contribution in [-0.4, -0.2) is 49.1 Å². The van der Waals surface area contributed by atoms with Gasteiger partial charge in [-0.15, -0.1) is 0 Å². The topological polar surface area (TPSA) is 58.6 Å². The molecule has 0 aliphatic carbocycles. The van der Waals surface area contributed by atoms with Crippen molar-refractivity contribution in [2.75, 3.05) is 26.3 Å². The first-order valence-electron chi connectivity index (χ1n) is 6.22. The number of ether oxygens (including phenoxy) is 1. The number of hydrogen-bond acceptors (Lipinski definition) is 3. The first-order valence-corrected chi connectivity index (χ1v) is 6.22. The average molecular weight is 242 g/mol. The van der Waals surface area contributed by atoms with Gasteiger partial charge in [-0.2, -0.15) is 0 Å². The summed E-state index contributed by atoms with van der Waals surface area (Å²) in [6.45, 7) is 7.88. The highest BCUT2D eigenvalue weighted by Gasteiger charge is 2.35. The molecule has 1 heterocycles. The summed E-state index contributed by atoms with van der Waals surface area (Å²) in [7, 11) is 0. The fourth-order valence-corrected chi connectivity index (χ4v) is 2.07. The highest BCUT2D eigenvalue weighted by Crippen LogP contribution is 2.15. The predicted octanol–water partition coefficient (Wildman–Crippen LogP) is 0.396. The second-order valence-electron chi connectivity index (χ2n) is 4.54. The summed E-state index contributed by atoms with van der Waals surface area (Å²) in [6.07, 6.45) is 0.774. The maximum Gasteiger partial charge on any atom is 0.243 e. The van der Waals surface area contributed by atoms with Gasteiger partial charge < -0.3 is 15.0 Å². The van der Waals surface area contributed by atoms with Gasteiger partial charge >= 0.3 is 0 Å². The van der Waals surface area contributed by atoms with E-state index in [2.05, 4.69) is 5.32 Å². The molecule has 5 nitrogen and oxygen atoms in total. The van der Waals surface area contributed by atoms with Gasteiger partial charge in [-0.25, -0.2) is 0 Å². The van der Waals surface area contributed by atoms with Gasteiger partial charge in [0.15, 0.2) is 0 Å². The highest BCUT2D eigenvalue weighted by molar-refractivity contribution is 5.94. The summed E-state index contributed by atoms with van der Waals surface area (Å²) < 4.78 is 5.24. The maximum absolute atomic E-state index is 11.8. The third-order valence-corrected chi connectivity index (χ3v) is 2.86. The second kappa shape index (κ2) is 6.59. The van der Waals surface area contributed by atoms with E-state index in [1.807, 2.05) is 20.8 Å². The fourth-order valence-electron chi connectivity index (χ4n) is 2.07. The Labute approximate surface area is 102 Å². The molecule has 0 radical (unpaired) electrons. The zero-order valence-corrected chi connectivity index (χ0v) is 10.9. The van der Waals surface area contributed by atoms with Crippen molar-refractivity contribution in [3.8, 4) is 0 Å². The van der Waals surface area contributed by atoms with Crippen LogP contribution in [0.1, 0.15) is 27.2 Å². The summed E-state index contributed by atoms with van der Waals surface area (Å²) in [5.41, 5.74) is 0. The van der Waals surface area contributed by atoms with E-state index >= 15 is 0 Å². The van der Waals surface area contributed by atoms with E-state index < -0.39 is 0 Å². The van der Waals surface area contributed by atoms with E-state index in [4.69, 9.17) is 4.74 Å². The van der Waals surface area contributed by atoms with Gasteiger partial charge in [0.1, 0.15) is 6.04 Å². The van der Waals surface area contributed by atoms with Crippen molar-refractivity contribution in [2.45, 2.75) is 33.2 Å². The molecule has 1 aliphatic rings. The van der Waals surface area contributed by atoms with E-state index in [9.17, 15) is 9.59 Å². The zero-order valence-electron chi connectivity index (χ0n) is 10.9. The molecule has 1 saturated heterocycles. The molecule has 1 N–H and O–H groups in total. The Morgan fingerprint density at radius 2 is 2.18 bits per heavy atom. The number of nitrogens with one attached hydrogen (secondary N) is 1. The van der Waals surface area contributed by atoms with Crippen molar-refractivity contribution < 1.29 is 14.3 Å². The lowest BCUT2D eigenvalue weighted by atomic mass is 9.99.